The molecule has 0 aromatic heterocycles. The van der Waals surface area contributed by atoms with Gasteiger partial charge in [0.2, 0.25) is 0 Å². The summed E-state index contributed by atoms with van der Waals surface area (Å²) >= 11 is 0. The summed E-state index contributed by atoms with van der Waals surface area (Å²) < 4.78 is 0. The third-order valence-corrected chi connectivity index (χ3v) is 2.10. The minimum Gasteiger partial charge on any atom is -0.372 e. The van der Waals surface area contributed by atoms with E-state index in [1.165, 1.54) is 19.5 Å². The molecule has 2 aliphatic heterocycles. The number of fused-ring (bicyclic) bond motifs is 1. The molecule has 2 rings (SSSR count). The lowest BCUT2D eigenvalue weighted by Gasteiger charge is -2.30. The third-order valence-electron chi connectivity index (χ3n) is 2.10. The van der Waals surface area contributed by atoms with Crippen molar-refractivity contribution >= 4 is 0 Å². The van der Waals surface area contributed by atoms with Gasteiger partial charge in [0.1, 0.15) is 0 Å². The Balaban J connectivity index is 2.03. The predicted molar refractivity (Wildman–Crippen MR) is 37.1 cm³/mol. The average molecular weight is 124 g/mol. The van der Waals surface area contributed by atoms with Gasteiger partial charge in [-0.1, -0.05) is 6.08 Å². The molecule has 0 aromatic rings. The molecule has 0 aliphatic carbocycles. The van der Waals surface area contributed by atoms with Crippen molar-refractivity contribution in [2.24, 2.45) is 0 Å². The highest BCUT2D eigenvalue weighted by molar-refractivity contribution is 5.00. The van der Waals surface area contributed by atoms with Gasteiger partial charge in [0, 0.05) is 25.7 Å². The molecule has 0 aromatic carbocycles. The number of piperazine rings is 1. The van der Waals surface area contributed by atoms with Crippen LogP contribution in [-0.2, 0) is 0 Å². The van der Waals surface area contributed by atoms with Crippen LogP contribution in [0, 0.1) is 0 Å². The fourth-order valence-corrected chi connectivity index (χ4v) is 1.54. The minimum atomic E-state index is 0.777. The van der Waals surface area contributed by atoms with Crippen LogP contribution in [0.4, 0.5) is 0 Å². The molecule has 0 spiro atoms. The van der Waals surface area contributed by atoms with E-state index in [1.807, 2.05) is 0 Å². The minimum absolute atomic E-state index is 0.777. The van der Waals surface area contributed by atoms with Crippen molar-refractivity contribution in [1.29, 1.82) is 0 Å². The van der Waals surface area contributed by atoms with Gasteiger partial charge in [0.15, 0.2) is 0 Å². The average Bonchev–Trinajstić information content (AvgIpc) is 2.33. The van der Waals surface area contributed by atoms with Crippen molar-refractivity contribution in [3.8, 4) is 0 Å². The number of nitrogens with zero attached hydrogens (tertiary/aromatic N) is 1. The lowest BCUT2D eigenvalue weighted by atomic mass is 10.2. The fraction of sp³-hybridized carbons (Fsp3) is 0.714. The molecular formula is C7H12N2. The SMILES string of the molecule is C1=CN2CCNC[C@H]2C1. The van der Waals surface area contributed by atoms with Crippen LogP contribution in [0.25, 0.3) is 0 Å². The number of rotatable bonds is 0. The van der Waals surface area contributed by atoms with Gasteiger partial charge in [-0.2, -0.15) is 0 Å². The zero-order valence-corrected chi connectivity index (χ0v) is 5.51. The summed E-state index contributed by atoms with van der Waals surface area (Å²) in [7, 11) is 0. The molecule has 2 nitrogen and oxygen atoms in total. The van der Waals surface area contributed by atoms with E-state index in [0.29, 0.717) is 0 Å². The Kier molecular flexibility index (Phi) is 1.19. The normalized spacial score (nSPS) is 32.9. The standard InChI is InChI=1S/C7H12N2/c1-2-7-6-8-3-5-9(7)4-1/h1,4,7-8H,2-3,5-6H2/t7-/m1/s1. The van der Waals surface area contributed by atoms with E-state index in [-0.39, 0.29) is 0 Å². The lowest BCUT2D eigenvalue weighted by molar-refractivity contribution is 0.249. The second-order valence-corrected chi connectivity index (χ2v) is 2.72. The lowest BCUT2D eigenvalue weighted by Crippen LogP contribution is -2.46. The number of nitrogens with one attached hydrogen (secondary N) is 1. The molecule has 0 radical (unpaired) electrons. The first-order valence-corrected chi connectivity index (χ1v) is 3.60. The smallest absolute Gasteiger partial charge is 0.0444 e. The molecule has 9 heavy (non-hydrogen) atoms. The van der Waals surface area contributed by atoms with E-state index in [4.69, 9.17) is 0 Å². The quantitative estimate of drug-likeness (QED) is 0.495. The Morgan fingerprint density at radius 3 is 3.44 bits per heavy atom. The van der Waals surface area contributed by atoms with Gasteiger partial charge in [-0.15, -0.1) is 0 Å². The van der Waals surface area contributed by atoms with Crippen LogP contribution in [-0.4, -0.2) is 30.6 Å². The van der Waals surface area contributed by atoms with Gasteiger partial charge in [-0.25, -0.2) is 0 Å². The van der Waals surface area contributed by atoms with Crippen molar-refractivity contribution in [1.82, 2.24) is 10.2 Å². The van der Waals surface area contributed by atoms with E-state index in [0.717, 1.165) is 12.6 Å². The van der Waals surface area contributed by atoms with E-state index >= 15 is 0 Å². The second kappa shape index (κ2) is 2.03. The van der Waals surface area contributed by atoms with Crippen molar-refractivity contribution in [3.05, 3.63) is 12.3 Å². The molecule has 0 bridgehead atoms. The van der Waals surface area contributed by atoms with Gasteiger partial charge in [0.25, 0.3) is 0 Å². The third kappa shape index (κ3) is 0.833. The molecule has 2 aliphatic rings. The summed E-state index contributed by atoms with van der Waals surface area (Å²) in [4.78, 5) is 2.43. The van der Waals surface area contributed by atoms with E-state index in [1.54, 1.807) is 0 Å². The monoisotopic (exact) mass is 124 g/mol. The van der Waals surface area contributed by atoms with Crippen LogP contribution in [0.5, 0.6) is 0 Å². The fourth-order valence-electron chi connectivity index (χ4n) is 1.54. The van der Waals surface area contributed by atoms with Crippen molar-refractivity contribution in [3.63, 3.8) is 0 Å². The molecule has 1 fully saturated rings. The van der Waals surface area contributed by atoms with E-state index < -0.39 is 0 Å². The Morgan fingerprint density at radius 2 is 2.56 bits per heavy atom. The molecule has 1 N–H and O–H groups in total. The summed E-state index contributed by atoms with van der Waals surface area (Å²) in [6.45, 7) is 3.52. The molecule has 1 saturated heterocycles. The molecule has 50 valence electrons. The number of hydrogen-bond acceptors (Lipinski definition) is 2. The Hall–Kier alpha value is -0.500. The summed E-state index contributed by atoms with van der Waals surface area (Å²) in [5.74, 6) is 0. The van der Waals surface area contributed by atoms with Gasteiger partial charge in [-0.3, -0.25) is 0 Å². The summed E-state index contributed by atoms with van der Waals surface area (Å²) in [5.41, 5.74) is 0. The van der Waals surface area contributed by atoms with Gasteiger partial charge in [-0.05, 0) is 12.6 Å². The van der Waals surface area contributed by atoms with Crippen molar-refractivity contribution in [2.75, 3.05) is 19.6 Å². The van der Waals surface area contributed by atoms with Gasteiger partial charge < -0.3 is 10.2 Å². The summed E-state index contributed by atoms with van der Waals surface area (Å²) in [6.07, 6.45) is 5.73. The summed E-state index contributed by atoms with van der Waals surface area (Å²) in [6, 6.07) is 0.777. The van der Waals surface area contributed by atoms with E-state index in [9.17, 15) is 0 Å². The molecule has 2 heterocycles. The first-order chi connectivity index (χ1) is 4.47. The highest BCUT2D eigenvalue weighted by atomic mass is 15.2. The maximum absolute atomic E-state index is 3.37. The zero-order valence-electron chi connectivity index (χ0n) is 5.51. The van der Waals surface area contributed by atoms with Crippen LogP contribution < -0.4 is 5.32 Å². The van der Waals surface area contributed by atoms with Crippen LogP contribution in [0.1, 0.15) is 6.42 Å². The van der Waals surface area contributed by atoms with E-state index in [2.05, 4.69) is 22.5 Å². The number of hydrogen-bond donors (Lipinski definition) is 1. The van der Waals surface area contributed by atoms with Crippen LogP contribution in [0.2, 0.25) is 0 Å². The maximum atomic E-state index is 3.37. The van der Waals surface area contributed by atoms with Crippen molar-refractivity contribution in [2.45, 2.75) is 12.5 Å². The largest absolute Gasteiger partial charge is 0.372 e. The molecular weight excluding hydrogens is 112 g/mol. The topological polar surface area (TPSA) is 15.3 Å². The molecule has 1 atom stereocenters. The predicted octanol–water partition coefficient (Wildman–Crippen LogP) is 0.178. The maximum Gasteiger partial charge on any atom is 0.0444 e. The molecule has 0 amide bonds. The highest BCUT2D eigenvalue weighted by Gasteiger charge is 2.20. The summed E-state index contributed by atoms with van der Waals surface area (Å²) in [5, 5.41) is 3.37. The van der Waals surface area contributed by atoms with Crippen LogP contribution >= 0.6 is 0 Å². The Bertz CT molecular complexity index is 131. The molecule has 2 heteroatoms. The molecule has 0 unspecified atom stereocenters. The van der Waals surface area contributed by atoms with Crippen LogP contribution in [0.3, 0.4) is 0 Å². The Labute approximate surface area is 55.5 Å². The first-order valence-electron chi connectivity index (χ1n) is 3.60. The highest BCUT2D eigenvalue weighted by Crippen LogP contribution is 2.14. The first kappa shape index (κ1) is 5.30. The second-order valence-electron chi connectivity index (χ2n) is 2.72. The van der Waals surface area contributed by atoms with Gasteiger partial charge in [0.05, 0.1) is 0 Å². The van der Waals surface area contributed by atoms with Crippen molar-refractivity contribution < 1.29 is 0 Å². The zero-order chi connectivity index (χ0) is 6.10. The van der Waals surface area contributed by atoms with Gasteiger partial charge >= 0.3 is 0 Å². The molecule has 0 saturated carbocycles. The Morgan fingerprint density at radius 1 is 1.56 bits per heavy atom. The van der Waals surface area contributed by atoms with Crippen LogP contribution in [0.15, 0.2) is 12.3 Å².